The average molecular weight is 251 g/mol. The van der Waals surface area contributed by atoms with Gasteiger partial charge in [-0.05, 0) is 55.0 Å². The molecule has 0 saturated heterocycles. The summed E-state index contributed by atoms with van der Waals surface area (Å²) in [5, 5.41) is 3.67. The number of rotatable bonds is 2. The Bertz CT molecular complexity index is 613. The van der Waals surface area contributed by atoms with E-state index in [9.17, 15) is 0 Å². The van der Waals surface area contributed by atoms with E-state index in [4.69, 9.17) is 0 Å². The highest BCUT2D eigenvalue weighted by Gasteiger charge is 2.23. The van der Waals surface area contributed by atoms with E-state index in [0.717, 1.165) is 12.8 Å². The summed E-state index contributed by atoms with van der Waals surface area (Å²) in [6.45, 7) is 6.59. The maximum atomic E-state index is 3.67. The Morgan fingerprint density at radius 2 is 1.95 bits per heavy atom. The number of fused-ring (bicyclic) bond motifs is 1. The fourth-order valence-electron chi connectivity index (χ4n) is 2.96. The quantitative estimate of drug-likeness (QED) is 0.824. The lowest BCUT2D eigenvalue weighted by molar-refractivity contribution is 0.814. The summed E-state index contributed by atoms with van der Waals surface area (Å²) in [6, 6.07) is 14.0. The van der Waals surface area contributed by atoms with E-state index in [2.05, 4.69) is 62.5 Å². The van der Waals surface area contributed by atoms with Gasteiger partial charge in [-0.25, -0.2) is 0 Å². The van der Waals surface area contributed by atoms with Crippen LogP contribution in [0.1, 0.15) is 40.8 Å². The van der Waals surface area contributed by atoms with Gasteiger partial charge in [-0.3, -0.25) is 0 Å². The summed E-state index contributed by atoms with van der Waals surface area (Å²) in [6.07, 6.45) is 2.22. The molecule has 19 heavy (non-hydrogen) atoms. The molecule has 1 aliphatic rings. The lowest BCUT2D eigenvalue weighted by Crippen LogP contribution is -2.07. The fourth-order valence-corrected chi connectivity index (χ4v) is 2.96. The summed E-state index contributed by atoms with van der Waals surface area (Å²) in [4.78, 5) is 0. The van der Waals surface area contributed by atoms with E-state index in [1.165, 1.54) is 33.5 Å². The number of aryl methyl sites for hydroxylation is 3. The zero-order valence-corrected chi connectivity index (χ0v) is 12.0. The van der Waals surface area contributed by atoms with E-state index >= 15 is 0 Å². The van der Waals surface area contributed by atoms with E-state index < -0.39 is 0 Å². The van der Waals surface area contributed by atoms with Crippen LogP contribution in [0.25, 0.3) is 0 Å². The second-order valence-corrected chi connectivity index (χ2v) is 5.61. The van der Waals surface area contributed by atoms with Crippen LogP contribution in [0.2, 0.25) is 0 Å². The van der Waals surface area contributed by atoms with Gasteiger partial charge >= 0.3 is 0 Å². The van der Waals surface area contributed by atoms with Crippen LogP contribution >= 0.6 is 0 Å². The molecular weight excluding hydrogens is 230 g/mol. The standard InChI is InChI=1S/C18H21N/c1-4-14-7-8-17-15(10-14)11-18(19-17)16-9-12(2)5-6-13(16)3/h5-10,18-19H,4,11H2,1-3H3. The molecular formula is C18H21N. The summed E-state index contributed by atoms with van der Waals surface area (Å²) < 4.78 is 0. The summed E-state index contributed by atoms with van der Waals surface area (Å²) >= 11 is 0. The average Bonchev–Trinajstić information content (AvgIpc) is 2.83. The highest BCUT2D eigenvalue weighted by molar-refractivity contribution is 5.60. The molecule has 0 saturated carbocycles. The molecule has 0 radical (unpaired) electrons. The van der Waals surface area contributed by atoms with Gasteiger partial charge in [0, 0.05) is 5.69 Å². The lowest BCUT2D eigenvalue weighted by Gasteiger charge is -2.15. The third-order valence-corrected chi connectivity index (χ3v) is 4.14. The highest BCUT2D eigenvalue weighted by atomic mass is 14.9. The van der Waals surface area contributed by atoms with Gasteiger partial charge in [0.25, 0.3) is 0 Å². The molecule has 1 heteroatoms. The molecule has 0 aliphatic carbocycles. The third-order valence-electron chi connectivity index (χ3n) is 4.14. The van der Waals surface area contributed by atoms with Crippen LogP contribution in [0.15, 0.2) is 36.4 Å². The molecule has 1 nitrogen and oxygen atoms in total. The number of nitrogens with one attached hydrogen (secondary N) is 1. The van der Waals surface area contributed by atoms with Gasteiger partial charge in [0.05, 0.1) is 6.04 Å². The first-order valence-corrected chi connectivity index (χ1v) is 7.13. The highest BCUT2D eigenvalue weighted by Crippen LogP contribution is 2.36. The zero-order chi connectivity index (χ0) is 13.4. The third kappa shape index (κ3) is 2.25. The molecule has 1 atom stereocenters. The zero-order valence-electron chi connectivity index (χ0n) is 12.0. The monoisotopic (exact) mass is 251 g/mol. The molecule has 1 aliphatic heterocycles. The molecule has 3 rings (SSSR count). The Labute approximate surface area is 115 Å². The first kappa shape index (κ1) is 12.3. The molecule has 1 unspecified atom stereocenters. The van der Waals surface area contributed by atoms with Crippen LogP contribution in [0.5, 0.6) is 0 Å². The van der Waals surface area contributed by atoms with Gasteiger partial charge < -0.3 is 5.32 Å². The minimum absolute atomic E-state index is 0.432. The SMILES string of the molecule is CCc1ccc2c(c1)CC(c1cc(C)ccc1C)N2. The largest absolute Gasteiger partial charge is 0.378 e. The Hall–Kier alpha value is -1.76. The fraction of sp³-hybridized carbons (Fsp3) is 0.333. The minimum Gasteiger partial charge on any atom is -0.378 e. The predicted molar refractivity (Wildman–Crippen MR) is 81.8 cm³/mol. The van der Waals surface area contributed by atoms with Crippen molar-refractivity contribution in [2.45, 2.75) is 39.7 Å². The predicted octanol–water partition coefficient (Wildman–Crippen LogP) is 4.58. The maximum absolute atomic E-state index is 3.67. The molecule has 98 valence electrons. The van der Waals surface area contributed by atoms with Crippen LogP contribution in [-0.4, -0.2) is 0 Å². The van der Waals surface area contributed by atoms with Crippen molar-refractivity contribution in [1.29, 1.82) is 0 Å². The van der Waals surface area contributed by atoms with Crippen molar-refractivity contribution < 1.29 is 0 Å². The van der Waals surface area contributed by atoms with Crippen molar-refractivity contribution in [2.24, 2.45) is 0 Å². The summed E-state index contributed by atoms with van der Waals surface area (Å²) in [5.74, 6) is 0. The summed E-state index contributed by atoms with van der Waals surface area (Å²) in [5.41, 5.74) is 8.36. The molecule has 0 fully saturated rings. The van der Waals surface area contributed by atoms with E-state index in [1.54, 1.807) is 0 Å². The van der Waals surface area contributed by atoms with Gasteiger partial charge in [-0.1, -0.05) is 42.8 Å². The summed E-state index contributed by atoms with van der Waals surface area (Å²) in [7, 11) is 0. The molecule has 0 spiro atoms. The van der Waals surface area contributed by atoms with Gasteiger partial charge in [-0.15, -0.1) is 0 Å². The molecule has 0 aromatic heterocycles. The maximum Gasteiger partial charge on any atom is 0.0557 e. The second kappa shape index (κ2) is 4.73. The van der Waals surface area contributed by atoms with Crippen LogP contribution < -0.4 is 5.32 Å². The van der Waals surface area contributed by atoms with Crippen LogP contribution in [0, 0.1) is 13.8 Å². The van der Waals surface area contributed by atoms with Crippen molar-refractivity contribution >= 4 is 5.69 Å². The van der Waals surface area contributed by atoms with Crippen molar-refractivity contribution in [3.05, 3.63) is 64.2 Å². The first-order chi connectivity index (χ1) is 9.17. The Kier molecular flexibility index (Phi) is 3.06. The number of hydrogen-bond donors (Lipinski definition) is 1. The van der Waals surface area contributed by atoms with Crippen LogP contribution in [0.3, 0.4) is 0 Å². The van der Waals surface area contributed by atoms with Gasteiger partial charge in [-0.2, -0.15) is 0 Å². The number of hydrogen-bond acceptors (Lipinski definition) is 1. The molecule has 1 heterocycles. The molecule has 1 N–H and O–H groups in total. The Balaban J connectivity index is 1.93. The smallest absolute Gasteiger partial charge is 0.0557 e. The van der Waals surface area contributed by atoms with Crippen molar-refractivity contribution in [1.82, 2.24) is 0 Å². The second-order valence-electron chi connectivity index (χ2n) is 5.61. The molecule has 2 aromatic carbocycles. The first-order valence-electron chi connectivity index (χ1n) is 7.13. The lowest BCUT2D eigenvalue weighted by atomic mass is 9.96. The van der Waals surface area contributed by atoms with Crippen LogP contribution in [-0.2, 0) is 12.8 Å². The van der Waals surface area contributed by atoms with Crippen LogP contribution in [0.4, 0.5) is 5.69 Å². The van der Waals surface area contributed by atoms with E-state index in [1.807, 2.05) is 0 Å². The van der Waals surface area contributed by atoms with Gasteiger partial charge in [0.1, 0.15) is 0 Å². The number of benzene rings is 2. The Morgan fingerprint density at radius 3 is 2.74 bits per heavy atom. The van der Waals surface area contributed by atoms with Crippen molar-refractivity contribution in [3.8, 4) is 0 Å². The van der Waals surface area contributed by atoms with E-state index in [0.29, 0.717) is 6.04 Å². The normalized spacial score (nSPS) is 17.1. The molecule has 2 aromatic rings. The number of anilines is 1. The molecule has 0 bridgehead atoms. The molecule has 0 amide bonds. The van der Waals surface area contributed by atoms with Crippen molar-refractivity contribution in [2.75, 3.05) is 5.32 Å². The minimum atomic E-state index is 0.432. The topological polar surface area (TPSA) is 12.0 Å². The van der Waals surface area contributed by atoms with Gasteiger partial charge in [0.15, 0.2) is 0 Å². The van der Waals surface area contributed by atoms with Crippen molar-refractivity contribution in [3.63, 3.8) is 0 Å². The Morgan fingerprint density at radius 1 is 1.11 bits per heavy atom. The van der Waals surface area contributed by atoms with Gasteiger partial charge in [0.2, 0.25) is 0 Å². The van der Waals surface area contributed by atoms with E-state index in [-0.39, 0.29) is 0 Å².